The van der Waals surface area contributed by atoms with Gasteiger partial charge < -0.3 is 10.1 Å². The van der Waals surface area contributed by atoms with Crippen LogP contribution < -0.4 is 5.32 Å². The fourth-order valence-electron chi connectivity index (χ4n) is 2.56. The van der Waals surface area contributed by atoms with Crippen LogP contribution in [0.25, 0.3) is 5.69 Å². The number of hydrogen-bond acceptors (Lipinski definition) is 5. The highest BCUT2D eigenvalue weighted by Crippen LogP contribution is 2.23. The van der Waals surface area contributed by atoms with E-state index in [1.807, 2.05) is 13.1 Å². The number of aryl methyl sites for hydroxylation is 1. The summed E-state index contributed by atoms with van der Waals surface area (Å²) in [6.07, 6.45) is 5.37. The minimum absolute atomic E-state index is 0.338. The van der Waals surface area contributed by atoms with Crippen LogP contribution in [-0.2, 0) is 9.57 Å². The second-order valence-corrected chi connectivity index (χ2v) is 5.76. The molecule has 0 aliphatic carbocycles. The van der Waals surface area contributed by atoms with Gasteiger partial charge in [0.25, 0.3) is 0 Å². The Hall–Kier alpha value is -2.87. The predicted molar refractivity (Wildman–Crippen MR) is 90.6 cm³/mol. The Morgan fingerprint density at radius 1 is 1.32 bits per heavy atom. The molecule has 8 nitrogen and oxygen atoms in total. The Morgan fingerprint density at radius 3 is 2.80 bits per heavy atom. The summed E-state index contributed by atoms with van der Waals surface area (Å²) in [4.78, 5) is 29.6. The monoisotopic (exact) mass is 344 g/mol. The van der Waals surface area contributed by atoms with Gasteiger partial charge in [0, 0.05) is 6.20 Å². The molecule has 1 fully saturated rings. The van der Waals surface area contributed by atoms with E-state index in [9.17, 15) is 9.59 Å². The van der Waals surface area contributed by atoms with Gasteiger partial charge in [-0.1, -0.05) is 0 Å². The Kier molecular flexibility index (Phi) is 4.99. The molecule has 1 N–H and O–H groups in total. The van der Waals surface area contributed by atoms with E-state index in [1.165, 1.54) is 12.2 Å². The summed E-state index contributed by atoms with van der Waals surface area (Å²) in [5.41, 5.74) is 2.41. The fourth-order valence-corrected chi connectivity index (χ4v) is 2.56. The van der Waals surface area contributed by atoms with E-state index in [-0.39, 0.29) is 6.03 Å². The highest BCUT2D eigenvalue weighted by atomic mass is 16.7. The number of anilines is 1. The number of hydrogen-bond donors (Lipinski definition) is 1. The van der Waals surface area contributed by atoms with Crippen LogP contribution in [0.2, 0.25) is 0 Å². The largest absolute Gasteiger partial charge is 0.465 e. The van der Waals surface area contributed by atoms with Gasteiger partial charge in [-0.15, -0.1) is 0 Å². The Morgan fingerprint density at radius 2 is 2.16 bits per heavy atom. The lowest BCUT2D eigenvalue weighted by molar-refractivity contribution is -0.135. The SMILES string of the molecule is COC(=O)c1ccc(-n2cc(C)cn2)c(NC(=O)N2CCCCO2)c1. The van der Waals surface area contributed by atoms with Gasteiger partial charge in [-0.2, -0.15) is 5.10 Å². The highest BCUT2D eigenvalue weighted by Gasteiger charge is 2.20. The molecule has 0 spiro atoms. The molecule has 0 bridgehead atoms. The van der Waals surface area contributed by atoms with Crippen molar-refractivity contribution in [1.82, 2.24) is 14.8 Å². The second-order valence-electron chi connectivity index (χ2n) is 5.76. The topological polar surface area (TPSA) is 85.7 Å². The summed E-state index contributed by atoms with van der Waals surface area (Å²) in [6.45, 7) is 2.96. The number of methoxy groups -OCH3 is 1. The van der Waals surface area contributed by atoms with Crippen LogP contribution in [0.3, 0.4) is 0 Å². The molecule has 2 heterocycles. The van der Waals surface area contributed by atoms with E-state index < -0.39 is 5.97 Å². The molecule has 8 heteroatoms. The molecule has 2 aromatic rings. The van der Waals surface area contributed by atoms with Gasteiger partial charge in [0.2, 0.25) is 0 Å². The summed E-state index contributed by atoms with van der Waals surface area (Å²) in [5.74, 6) is -0.479. The molecule has 1 saturated heterocycles. The maximum absolute atomic E-state index is 12.5. The maximum atomic E-state index is 12.5. The number of carbonyl (C=O) groups excluding carboxylic acids is 2. The van der Waals surface area contributed by atoms with Crippen LogP contribution in [0.5, 0.6) is 0 Å². The third-order valence-corrected chi connectivity index (χ3v) is 3.85. The molecular formula is C17H20N4O4. The first-order chi connectivity index (χ1) is 12.1. The molecule has 132 valence electrons. The minimum Gasteiger partial charge on any atom is -0.465 e. The standard InChI is InChI=1S/C17H20N4O4/c1-12-10-18-20(11-12)15-6-5-13(16(22)24-2)9-14(15)19-17(23)21-7-3-4-8-25-21/h5-6,9-11H,3-4,7-8H2,1-2H3,(H,19,23). The Labute approximate surface area is 145 Å². The van der Waals surface area contributed by atoms with Crippen molar-refractivity contribution in [3.05, 3.63) is 41.7 Å². The summed E-state index contributed by atoms with van der Waals surface area (Å²) < 4.78 is 6.40. The predicted octanol–water partition coefficient (Wildman–Crippen LogP) is 2.53. The van der Waals surface area contributed by atoms with E-state index in [2.05, 4.69) is 10.4 Å². The van der Waals surface area contributed by atoms with Gasteiger partial charge >= 0.3 is 12.0 Å². The van der Waals surface area contributed by atoms with Crippen molar-refractivity contribution >= 4 is 17.7 Å². The number of nitrogens with one attached hydrogen (secondary N) is 1. The van der Waals surface area contributed by atoms with Crippen molar-refractivity contribution < 1.29 is 19.2 Å². The minimum atomic E-state index is -0.479. The molecule has 1 aromatic carbocycles. The number of nitrogens with zero attached hydrogens (tertiary/aromatic N) is 3. The van der Waals surface area contributed by atoms with Gasteiger partial charge in [-0.05, 0) is 43.5 Å². The van der Waals surface area contributed by atoms with E-state index in [0.29, 0.717) is 30.1 Å². The number of rotatable bonds is 3. The van der Waals surface area contributed by atoms with Crippen molar-refractivity contribution in [2.24, 2.45) is 0 Å². The van der Waals surface area contributed by atoms with Crippen LogP contribution in [0, 0.1) is 6.92 Å². The summed E-state index contributed by atoms with van der Waals surface area (Å²) in [5, 5.41) is 8.36. The molecule has 3 rings (SSSR count). The van der Waals surface area contributed by atoms with Crippen molar-refractivity contribution in [2.75, 3.05) is 25.6 Å². The zero-order valence-corrected chi connectivity index (χ0v) is 14.2. The number of hydroxylamine groups is 2. The number of urea groups is 1. The molecule has 25 heavy (non-hydrogen) atoms. The normalized spacial score (nSPS) is 14.2. The van der Waals surface area contributed by atoms with Crippen molar-refractivity contribution in [3.63, 3.8) is 0 Å². The van der Waals surface area contributed by atoms with Gasteiger partial charge in [-0.25, -0.2) is 19.3 Å². The number of aromatic nitrogens is 2. The summed E-state index contributed by atoms with van der Waals surface area (Å²) in [7, 11) is 1.31. The number of esters is 1. The van der Waals surface area contributed by atoms with E-state index in [1.54, 1.807) is 29.1 Å². The quantitative estimate of drug-likeness (QED) is 0.865. The van der Waals surface area contributed by atoms with E-state index >= 15 is 0 Å². The molecule has 1 aliphatic heterocycles. The molecule has 2 amide bonds. The average Bonchev–Trinajstić information content (AvgIpc) is 3.07. The van der Waals surface area contributed by atoms with Crippen LogP contribution >= 0.6 is 0 Å². The molecule has 0 unspecified atom stereocenters. The lowest BCUT2D eigenvalue weighted by Gasteiger charge is -2.26. The zero-order valence-electron chi connectivity index (χ0n) is 14.2. The lowest BCUT2D eigenvalue weighted by Crippen LogP contribution is -2.39. The molecule has 0 atom stereocenters. The Balaban J connectivity index is 1.92. The fraction of sp³-hybridized carbons (Fsp3) is 0.353. The number of carbonyl (C=O) groups is 2. The zero-order chi connectivity index (χ0) is 17.8. The van der Waals surface area contributed by atoms with Gasteiger partial charge in [0.15, 0.2) is 0 Å². The van der Waals surface area contributed by atoms with Crippen LogP contribution in [0.1, 0.15) is 28.8 Å². The molecule has 1 aliphatic rings. The Bertz CT molecular complexity index is 781. The van der Waals surface area contributed by atoms with Crippen molar-refractivity contribution in [3.8, 4) is 5.69 Å². The number of benzene rings is 1. The first-order valence-corrected chi connectivity index (χ1v) is 8.04. The molecule has 1 aromatic heterocycles. The van der Waals surface area contributed by atoms with Gasteiger partial charge in [0.1, 0.15) is 0 Å². The molecule has 0 radical (unpaired) electrons. The first kappa shape index (κ1) is 17.0. The van der Waals surface area contributed by atoms with E-state index in [4.69, 9.17) is 9.57 Å². The average molecular weight is 344 g/mol. The van der Waals surface area contributed by atoms with E-state index in [0.717, 1.165) is 18.4 Å². The first-order valence-electron chi connectivity index (χ1n) is 8.04. The van der Waals surface area contributed by atoms with Crippen molar-refractivity contribution in [1.29, 1.82) is 0 Å². The van der Waals surface area contributed by atoms with Gasteiger partial charge in [-0.3, -0.25) is 4.84 Å². The summed E-state index contributed by atoms with van der Waals surface area (Å²) >= 11 is 0. The maximum Gasteiger partial charge on any atom is 0.345 e. The smallest absolute Gasteiger partial charge is 0.345 e. The van der Waals surface area contributed by atoms with Crippen LogP contribution in [-0.4, -0.2) is 47.1 Å². The number of amides is 2. The third-order valence-electron chi connectivity index (χ3n) is 3.85. The summed E-state index contributed by atoms with van der Waals surface area (Å²) in [6, 6.07) is 4.53. The molecule has 0 saturated carbocycles. The van der Waals surface area contributed by atoms with Crippen molar-refractivity contribution in [2.45, 2.75) is 19.8 Å². The van der Waals surface area contributed by atoms with Gasteiger partial charge in [0.05, 0.1) is 43.4 Å². The highest BCUT2D eigenvalue weighted by molar-refractivity contribution is 5.95. The third kappa shape index (κ3) is 3.80. The van der Waals surface area contributed by atoms with Crippen LogP contribution in [0.4, 0.5) is 10.5 Å². The number of ether oxygens (including phenoxy) is 1. The second kappa shape index (κ2) is 7.35. The molecular weight excluding hydrogens is 324 g/mol. The van der Waals surface area contributed by atoms with Crippen LogP contribution in [0.15, 0.2) is 30.6 Å². The lowest BCUT2D eigenvalue weighted by atomic mass is 10.1.